The van der Waals surface area contributed by atoms with E-state index >= 15 is 0 Å². The number of carbonyl (C=O) groups is 1. The van der Waals surface area contributed by atoms with E-state index in [9.17, 15) is 4.79 Å². The molecular formula is C20H21BrN4OS. The molecular weight excluding hydrogens is 424 g/mol. The fourth-order valence-electron chi connectivity index (χ4n) is 2.51. The highest BCUT2D eigenvalue weighted by Gasteiger charge is 2.13. The monoisotopic (exact) mass is 444 g/mol. The maximum absolute atomic E-state index is 12.2. The third kappa shape index (κ3) is 5.61. The van der Waals surface area contributed by atoms with Crippen molar-refractivity contribution in [3.05, 3.63) is 69.1 Å². The molecule has 2 amide bonds. The minimum Gasteiger partial charge on any atom is -0.308 e. The molecule has 3 rings (SSSR count). The number of nitrogens with one attached hydrogen (secondary N) is 2. The van der Waals surface area contributed by atoms with E-state index in [4.69, 9.17) is 0 Å². The molecule has 0 atom stereocenters. The van der Waals surface area contributed by atoms with Crippen LogP contribution < -0.4 is 10.6 Å². The quantitative estimate of drug-likeness (QED) is 0.531. The number of amides is 2. The Hall–Kier alpha value is -2.25. The number of carbonyl (C=O) groups excluding carboxylic acids is 1. The lowest BCUT2D eigenvalue weighted by Crippen LogP contribution is -2.19. The van der Waals surface area contributed by atoms with Gasteiger partial charge >= 0.3 is 6.03 Å². The van der Waals surface area contributed by atoms with Gasteiger partial charge < -0.3 is 5.32 Å². The van der Waals surface area contributed by atoms with Crippen molar-refractivity contribution in [1.82, 2.24) is 10.2 Å². The number of benzene rings is 2. The smallest absolute Gasteiger partial charge is 0.308 e. The van der Waals surface area contributed by atoms with Crippen LogP contribution in [0.25, 0.3) is 0 Å². The van der Waals surface area contributed by atoms with Crippen LogP contribution in [0.4, 0.5) is 15.6 Å². The predicted octanol–water partition coefficient (Wildman–Crippen LogP) is 5.83. The van der Waals surface area contributed by atoms with E-state index in [2.05, 4.69) is 57.5 Å². The van der Waals surface area contributed by atoms with E-state index in [1.165, 1.54) is 16.9 Å². The molecule has 2 N–H and O–H groups in total. The molecule has 7 heteroatoms. The van der Waals surface area contributed by atoms with Crippen LogP contribution in [0.3, 0.4) is 0 Å². The first-order valence-corrected chi connectivity index (χ1v) is 10.2. The molecule has 0 saturated carbocycles. The van der Waals surface area contributed by atoms with Crippen LogP contribution in [0, 0.1) is 0 Å². The van der Waals surface area contributed by atoms with Crippen LogP contribution in [0.2, 0.25) is 0 Å². The van der Waals surface area contributed by atoms with E-state index in [1.54, 1.807) is 0 Å². The van der Waals surface area contributed by atoms with E-state index in [0.29, 0.717) is 11.6 Å². The molecule has 0 radical (unpaired) electrons. The van der Waals surface area contributed by atoms with E-state index < -0.39 is 0 Å². The summed E-state index contributed by atoms with van der Waals surface area (Å²) >= 11 is 4.83. The Bertz CT molecular complexity index is 932. The standard InChI is InChI=1S/C20H21BrN4OS/c1-20(2,3)14-7-9-16(10-8-14)22-18(26)23-19-25-24-17(27-19)12-13-5-4-6-15(21)11-13/h4-11H,12H2,1-3H3,(H2,22,23,25,26). The van der Waals surface area contributed by atoms with E-state index in [-0.39, 0.29) is 11.4 Å². The molecule has 27 heavy (non-hydrogen) atoms. The summed E-state index contributed by atoms with van der Waals surface area (Å²) in [5, 5.41) is 15.1. The molecule has 0 bridgehead atoms. The Morgan fingerprint density at radius 3 is 2.48 bits per heavy atom. The number of halogens is 1. The first-order valence-electron chi connectivity index (χ1n) is 8.55. The first kappa shape index (κ1) is 19.5. The molecule has 0 unspecified atom stereocenters. The van der Waals surface area contributed by atoms with Gasteiger partial charge in [-0.15, -0.1) is 10.2 Å². The number of hydrogen-bond acceptors (Lipinski definition) is 4. The predicted molar refractivity (Wildman–Crippen MR) is 115 cm³/mol. The van der Waals surface area contributed by atoms with Gasteiger partial charge in [-0.2, -0.15) is 0 Å². The maximum atomic E-state index is 12.2. The van der Waals surface area contributed by atoms with Crippen LogP contribution in [0.5, 0.6) is 0 Å². The van der Waals surface area contributed by atoms with Gasteiger partial charge in [0.05, 0.1) is 0 Å². The van der Waals surface area contributed by atoms with Gasteiger partial charge in [0, 0.05) is 16.6 Å². The summed E-state index contributed by atoms with van der Waals surface area (Å²) in [6.07, 6.45) is 0.675. The Morgan fingerprint density at radius 2 is 1.81 bits per heavy atom. The second-order valence-corrected chi connectivity index (χ2v) is 9.19. The fraction of sp³-hybridized carbons (Fsp3) is 0.250. The second kappa shape index (κ2) is 8.19. The van der Waals surface area contributed by atoms with Crippen LogP contribution in [-0.2, 0) is 11.8 Å². The summed E-state index contributed by atoms with van der Waals surface area (Å²) in [5.74, 6) is 0. The van der Waals surface area contributed by atoms with E-state index in [1.807, 2.05) is 48.5 Å². The van der Waals surface area contributed by atoms with Crippen molar-refractivity contribution >= 4 is 44.1 Å². The van der Waals surface area contributed by atoms with Crippen molar-refractivity contribution in [2.45, 2.75) is 32.6 Å². The minimum absolute atomic E-state index is 0.0814. The fourth-order valence-corrected chi connectivity index (χ4v) is 3.73. The number of urea groups is 1. The summed E-state index contributed by atoms with van der Waals surface area (Å²) in [7, 11) is 0. The van der Waals surface area contributed by atoms with Crippen molar-refractivity contribution in [1.29, 1.82) is 0 Å². The zero-order valence-corrected chi connectivity index (χ0v) is 17.8. The van der Waals surface area contributed by atoms with Crippen LogP contribution in [-0.4, -0.2) is 16.2 Å². The molecule has 0 aliphatic heterocycles. The first-order chi connectivity index (χ1) is 12.8. The number of hydrogen-bond donors (Lipinski definition) is 2. The Balaban J connectivity index is 1.57. The Labute approximate surface area is 171 Å². The number of rotatable bonds is 4. The zero-order valence-electron chi connectivity index (χ0n) is 15.4. The molecule has 140 valence electrons. The molecule has 0 aliphatic rings. The Kier molecular flexibility index (Phi) is 5.92. The lowest BCUT2D eigenvalue weighted by molar-refractivity contribution is 0.262. The maximum Gasteiger partial charge on any atom is 0.325 e. The lowest BCUT2D eigenvalue weighted by Gasteiger charge is -2.19. The summed E-state index contributed by atoms with van der Waals surface area (Å²) in [6.45, 7) is 6.47. The number of anilines is 2. The van der Waals surface area contributed by atoms with Gasteiger partial charge in [-0.1, -0.05) is 72.3 Å². The van der Waals surface area contributed by atoms with Crippen molar-refractivity contribution in [3.63, 3.8) is 0 Å². The summed E-state index contributed by atoms with van der Waals surface area (Å²) in [4.78, 5) is 12.2. The summed E-state index contributed by atoms with van der Waals surface area (Å²) < 4.78 is 1.03. The molecule has 0 saturated heterocycles. The van der Waals surface area contributed by atoms with Gasteiger partial charge in [0.25, 0.3) is 0 Å². The molecule has 0 spiro atoms. The van der Waals surface area contributed by atoms with Gasteiger partial charge in [-0.25, -0.2) is 4.79 Å². The third-order valence-electron chi connectivity index (χ3n) is 3.94. The average molecular weight is 445 g/mol. The van der Waals surface area contributed by atoms with Crippen molar-refractivity contribution in [2.24, 2.45) is 0 Å². The Morgan fingerprint density at radius 1 is 1.07 bits per heavy atom. The molecule has 1 heterocycles. The van der Waals surface area contributed by atoms with Crippen molar-refractivity contribution < 1.29 is 4.79 Å². The average Bonchev–Trinajstić information content (AvgIpc) is 3.01. The highest BCUT2D eigenvalue weighted by atomic mass is 79.9. The van der Waals surface area contributed by atoms with Gasteiger partial charge in [0.1, 0.15) is 5.01 Å². The number of nitrogens with zero attached hydrogens (tertiary/aromatic N) is 2. The normalized spacial score (nSPS) is 11.3. The highest BCUT2D eigenvalue weighted by Crippen LogP contribution is 2.24. The number of aromatic nitrogens is 2. The zero-order chi connectivity index (χ0) is 19.4. The lowest BCUT2D eigenvalue weighted by atomic mass is 9.87. The van der Waals surface area contributed by atoms with Crippen molar-refractivity contribution in [3.8, 4) is 0 Å². The van der Waals surface area contributed by atoms with Gasteiger partial charge in [-0.05, 0) is 40.8 Å². The van der Waals surface area contributed by atoms with Crippen LogP contribution in [0.1, 0.15) is 36.9 Å². The van der Waals surface area contributed by atoms with Crippen molar-refractivity contribution in [2.75, 3.05) is 10.6 Å². The van der Waals surface area contributed by atoms with E-state index in [0.717, 1.165) is 20.7 Å². The van der Waals surface area contributed by atoms with Crippen LogP contribution in [0.15, 0.2) is 53.0 Å². The topological polar surface area (TPSA) is 66.9 Å². The molecule has 5 nitrogen and oxygen atoms in total. The molecule has 0 fully saturated rings. The van der Waals surface area contributed by atoms with Gasteiger partial charge in [0.15, 0.2) is 0 Å². The van der Waals surface area contributed by atoms with Gasteiger partial charge in [-0.3, -0.25) is 5.32 Å². The van der Waals surface area contributed by atoms with Crippen LogP contribution >= 0.6 is 27.3 Å². The SMILES string of the molecule is CC(C)(C)c1ccc(NC(=O)Nc2nnc(Cc3cccc(Br)c3)s2)cc1. The largest absolute Gasteiger partial charge is 0.325 e. The molecule has 3 aromatic rings. The second-order valence-electron chi connectivity index (χ2n) is 7.21. The van der Waals surface area contributed by atoms with Gasteiger partial charge in [0.2, 0.25) is 5.13 Å². The minimum atomic E-state index is -0.330. The molecule has 1 aromatic heterocycles. The third-order valence-corrected chi connectivity index (χ3v) is 5.27. The highest BCUT2D eigenvalue weighted by molar-refractivity contribution is 9.10. The summed E-state index contributed by atoms with van der Waals surface area (Å²) in [5.41, 5.74) is 3.17. The summed E-state index contributed by atoms with van der Waals surface area (Å²) in [6, 6.07) is 15.6. The molecule has 0 aliphatic carbocycles. The molecule has 2 aromatic carbocycles.